The summed E-state index contributed by atoms with van der Waals surface area (Å²) in [5.41, 5.74) is -1.62. The summed E-state index contributed by atoms with van der Waals surface area (Å²) in [6, 6.07) is 8.38. The van der Waals surface area contributed by atoms with Crippen molar-refractivity contribution >= 4 is 23.7 Å². The molecule has 8 nitrogen and oxygen atoms in total. The highest BCUT2D eigenvalue weighted by molar-refractivity contribution is 6.01. The fraction of sp³-hybridized carbons (Fsp3) is 0.548. The molecule has 0 bridgehead atoms. The lowest BCUT2D eigenvalue weighted by Crippen LogP contribution is -2.63. The van der Waals surface area contributed by atoms with Gasteiger partial charge in [0.15, 0.2) is 18.0 Å². The molecule has 7 atom stereocenters. The maximum atomic E-state index is 13.9. The van der Waals surface area contributed by atoms with Crippen molar-refractivity contribution in [1.29, 1.82) is 0 Å². The number of ketones is 2. The number of carbonyl (C=O) groups is 4. The van der Waals surface area contributed by atoms with Crippen LogP contribution in [0.2, 0.25) is 0 Å². The van der Waals surface area contributed by atoms with Gasteiger partial charge in [-0.3, -0.25) is 9.59 Å². The van der Waals surface area contributed by atoms with E-state index in [1.165, 1.54) is 0 Å². The SMILES string of the molecule is CCOC(=O)O[C@]1(C(=O)COC(=O)c2ccccc2)CC[C@H]2[C@@H]3CCC4=CC(=O)C=C[C@]4(C)[C@H]3[C@@H](O)C[C@@]21C. The highest BCUT2D eigenvalue weighted by Crippen LogP contribution is 2.68. The van der Waals surface area contributed by atoms with Crippen LogP contribution in [-0.4, -0.2) is 53.7 Å². The molecular weight excluding hydrogens is 500 g/mol. The van der Waals surface area contributed by atoms with Crippen molar-refractivity contribution in [2.45, 2.75) is 64.6 Å². The van der Waals surface area contributed by atoms with Crippen molar-refractivity contribution in [3.05, 3.63) is 59.7 Å². The summed E-state index contributed by atoms with van der Waals surface area (Å²) in [6.45, 7) is 5.17. The molecule has 39 heavy (non-hydrogen) atoms. The van der Waals surface area contributed by atoms with E-state index in [0.717, 1.165) is 18.4 Å². The van der Waals surface area contributed by atoms with Crippen molar-refractivity contribution in [3.63, 3.8) is 0 Å². The lowest BCUT2D eigenvalue weighted by atomic mass is 9.46. The minimum Gasteiger partial charge on any atom is -0.454 e. The molecule has 0 radical (unpaired) electrons. The first-order chi connectivity index (χ1) is 18.6. The largest absolute Gasteiger partial charge is 0.509 e. The Hall–Kier alpha value is -3.26. The molecule has 0 unspecified atom stereocenters. The molecular formula is C31H36O8. The van der Waals surface area contributed by atoms with Gasteiger partial charge in [-0.1, -0.05) is 43.7 Å². The summed E-state index contributed by atoms with van der Waals surface area (Å²) in [4.78, 5) is 51.3. The van der Waals surface area contributed by atoms with Crippen LogP contribution in [0.3, 0.4) is 0 Å². The summed E-state index contributed by atoms with van der Waals surface area (Å²) < 4.78 is 16.4. The molecule has 1 aromatic carbocycles. The fourth-order valence-corrected chi connectivity index (χ4v) is 8.19. The molecule has 0 aliphatic heterocycles. The Labute approximate surface area is 228 Å². The van der Waals surface area contributed by atoms with Crippen LogP contribution in [0.15, 0.2) is 54.1 Å². The third-order valence-electron chi connectivity index (χ3n) is 9.93. The van der Waals surface area contributed by atoms with Crippen LogP contribution in [0.1, 0.15) is 63.2 Å². The van der Waals surface area contributed by atoms with E-state index in [-0.39, 0.29) is 43.0 Å². The molecule has 0 aromatic heterocycles. The molecule has 8 heteroatoms. The molecule has 0 amide bonds. The van der Waals surface area contributed by atoms with Gasteiger partial charge in [0.2, 0.25) is 5.78 Å². The Bertz CT molecular complexity index is 1230. The Morgan fingerprint density at radius 3 is 2.54 bits per heavy atom. The van der Waals surface area contributed by atoms with Crippen LogP contribution in [-0.2, 0) is 23.8 Å². The lowest BCUT2D eigenvalue weighted by Gasteiger charge is -2.59. The Balaban J connectivity index is 1.46. The number of rotatable bonds is 6. The predicted molar refractivity (Wildman–Crippen MR) is 141 cm³/mol. The van der Waals surface area contributed by atoms with Crippen molar-refractivity contribution < 1.29 is 38.5 Å². The number of carbonyl (C=O) groups excluding carboxylic acids is 4. The van der Waals surface area contributed by atoms with Gasteiger partial charge in [0, 0.05) is 16.7 Å². The van der Waals surface area contributed by atoms with Crippen LogP contribution in [0.4, 0.5) is 4.79 Å². The van der Waals surface area contributed by atoms with E-state index >= 15 is 0 Å². The number of Topliss-reactive ketones (excluding diaryl/α,β-unsaturated/α-hetero) is 1. The van der Waals surface area contributed by atoms with Gasteiger partial charge in [-0.05, 0) is 75.1 Å². The van der Waals surface area contributed by atoms with E-state index in [2.05, 4.69) is 6.92 Å². The highest BCUT2D eigenvalue weighted by atomic mass is 16.7. The number of hydrogen-bond donors (Lipinski definition) is 1. The second-order valence-corrected chi connectivity index (χ2v) is 11.7. The maximum absolute atomic E-state index is 13.9. The number of aliphatic hydroxyl groups excluding tert-OH is 1. The predicted octanol–water partition coefficient (Wildman–Crippen LogP) is 4.60. The molecule has 0 heterocycles. The third kappa shape index (κ3) is 4.33. The number of esters is 1. The fourth-order valence-electron chi connectivity index (χ4n) is 8.19. The molecule has 3 fully saturated rings. The summed E-state index contributed by atoms with van der Waals surface area (Å²) in [6.07, 6.45) is 6.03. The zero-order valence-corrected chi connectivity index (χ0v) is 22.7. The first-order valence-corrected chi connectivity index (χ1v) is 13.8. The number of allylic oxidation sites excluding steroid dienone is 4. The number of ether oxygens (including phenoxy) is 3. The van der Waals surface area contributed by atoms with Gasteiger partial charge in [-0.25, -0.2) is 9.59 Å². The van der Waals surface area contributed by atoms with Gasteiger partial charge in [0.05, 0.1) is 18.3 Å². The van der Waals surface area contributed by atoms with E-state index in [1.54, 1.807) is 49.4 Å². The maximum Gasteiger partial charge on any atom is 0.509 e. The zero-order chi connectivity index (χ0) is 28.0. The molecule has 4 aliphatic rings. The van der Waals surface area contributed by atoms with E-state index in [1.807, 2.05) is 13.0 Å². The molecule has 208 valence electrons. The summed E-state index contributed by atoms with van der Waals surface area (Å²) in [5.74, 6) is -1.30. The normalized spacial score (nSPS) is 36.6. The minimum atomic E-state index is -1.61. The van der Waals surface area contributed by atoms with Crippen LogP contribution < -0.4 is 0 Å². The summed E-state index contributed by atoms with van der Waals surface area (Å²) in [5, 5.41) is 11.7. The number of hydrogen-bond acceptors (Lipinski definition) is 8. The molecule has 5 rings (SSSR count). The van der Waals surface area contributed by atoms with E-state index < -0.39 is 47.0 Å². The average Bonchev–Trinajstić information content (AvgIpc) is 3.20. The average molecular weight is 537 g/mol. The summed E-state index contributed by atoms with van der Waals surface area (Å²) in [7, 11) is 0. The van der Waals surface area contributed by atoms with Crippen LogP contribution in [0.25, 0.3) is 0 Å². The highest BCUT2D eigenvalue weighted by Gasteiger charge is 2.70. The molecule has 1 aromatic rings. The Morgan fingerprint density at radius 1 is 1.08 bits per heavy atom. The number of fused-ring (bicyclic) bond motifs is 5. The second-order valence-electron chi connectivity index (χ2n) is 11.7. The van der Waals surface area contributed by atoms with Crippen LogP contribution >= 0.6 is 0 Å². The van der Waals surface area contributed by atoms with Crippen LogP contribution in [0.5, 0.6) is 0 Å². The van der Waals surface area contributed by atoms with Gasteiger partial charge in [0.25, 0.3) is 0 Å². The molecule has 4 aliphatic carbocycles. The number of aliphatic hydroxyl groups is 1. The topological polar surface area (TPSA) is 116 Å². The van der Waals surface area contributed by atoms with E-state index in [9.17, 15) is 24.3 Å². The molecule has 0 saturated heterocycles. The van der Waals surface area contributed by atoms with Crippen LogP contribution in [0, 0.1) is 28.6 Å². The van der Waals surface area contributed by atoms with E-state index in [4.69, 9.17) is 14.2 Å². The number of benzene rings is 1. The second kappa shape index (κ2) is 10.0. The van der Waals surface area contributed by atoms with Crippen molar-refractivity contribution in [2.75, 3.05) is 13.2 Å². The molecule has 1 N–H and O–H groups in total. The first-order valence-electron chi connectivity index (χ1n) is 13.8. The van der Waals surface area contributed by atoms with Crippen molar-refractivity contribution in [1.82, 2.24) is 0 Å². The smallest absolute Gasteiger partial charge is 0.454 e. The Morgan fingerprint density at radius 2 is 1.82 bits per heavy atom. The van der Waals surface area contributed by atoms with Gasteiger partial charge in [-0.2, -0.15) is 0 Å². The van der Waals surface area contributed by atoms with E-state index in [0.29, 0.717) is 12.0 Å². The van der Waals surface area contributed by atoms with Crippen molar-refractivity contribution in [3.8, 4) is 0 Å². The Kier molecular flexibility index (Phi) is 7.04. The molecule has 0 spiro atoms. The molecule has 3 saturated carbocycles. The minimum absolute atomic E-state index is 0.0292. The first kappa shape index (κ1) is 27.3. The third-order valence-corrected chi connectivity index (χ3v) is 9.93. The van der Waals surface area contributed by atoms with Crippen molar-refractivity contribution in [2.24, 2.45) is 28.6 Å². The lowest BCUT2D eigenvalue weighted by molar-refractivity contribution is -0.183. The summed E-state index contributed by atoms with van der Waals surface area (Å²) >= 11 is 0. The monoisotopic (exact) mass is 536 g/mol. The zero-order valence-electron chi connectivity index (χ0n) is 22.7. The van der Waals surface area contributed by atoms with Gasteiger partial charge < -0.3 is 19.3 Å². The van der Waals surface area contributed by atoms with Gasteiger partial charge in [-0.15, -0.1) is 0 Å². The standard InChI is InChI=1S/C31H36O8/c1-4-37-28(36)39-31(25(34)18-38-27(35)19-8-6-5-7-9-19)15-13-23-22-11-10-20-16-21(32)12-14-29(20,2)26(22)24(33)17-30(23,31)3/h5-9,12,14,16,22-24,26,33H,4,10-11,13,15,17-18H2,1-3H3/t22-,23-,24-,26+,29-,30-,31-/m0/s1. The van der Waals surface area contributed by atoms with Gasteiger partial charge >= 0.3 is 12.1 Å². The van der Waals surface area contributed by atoms with Gasteiger partial charge in [0.1, 0.15) is 0 Å². The quantitative estimate of drug-likeness (QED) is 0.525.